The van der Waals surface area contributed by atoms with Crippen molar-refractivity contribution in [2.45, 2.75) is 144 Å². The second-order valence-corrected chi connectivity index (χ2v) is 11.4. The highest BCUT2D eigenvalue weighted by Gasteiger charge is 2.51. The lowest BCUT2D eigenvalue weighted by molar-refractivity contribution is -0.332. The van der Waals surface area contributed by atoms with Crippen LogP contribution in [0.1, 0.15) is 51.9 Å². The number of hydrogen-bond acceptors (Lipinski definition) is 15. The summed E-state index contributed by atoms with van der Waals surface area (Å²) in [6, 6.07) is -2.77. The van der Waals surface area contributed by atoms with Crippen molar-refractivity contribution >= 4 is 0 Å². The number of hydrogen-bond donors (Lipinski definition) is 10. The van der Waals surface area contributed by atoms with Gasteiger partial charge in [-0.05, 0) is 12.8 Å². The standard InChI is InChI=1S/C26H52N4O11/c1-2-3-4-5-6-7-8-37-11-15-18(32)20(34)21(35)26(39-15)41-24-13(29)9-12(28)23(22(24)36)40-25-16(30)19(33)17(31)14(10-27)38-25/h12-26,31-36H,2-11,27-30H2,1H3/t12-,13+,14+,15+,16+,17+,18+,19+,20-,21+,22-,23+,24-,25+,26?/m0/s1. The molecule has 0 aromatic carbocycles. The van der Waals surface area contributed by atoms with Crippen molar-refractivity contribution in [1.82, 2.24) is 0 Å². The molecule has 0 aromatic heterocycles. The summed E-state index contributed by atoms with van der Waals surface area (Å²) in [6.45, 7) is 2.45. The van der Waals surface area contributed by atoms with E-state index >= 15 is 0 Å². The van der Waals surface area contributed by atoms with Gasteiger partial charge in [-0.1, -0.05) is 39.0 Å². The number of aliphatic hydroxyl groups excluding tert-OH is 6. The van der Waals surface area contributed by atoms with E-state index in [2.05, 4.69) is 6.92 Å². The molecule has 0 aromatic rings. The zero-order valence-electron chi connectivity index (χ0n) is 23.8. The molecule has 2 aliphatic heterocycles. The molecule has 3 aliphatic rings. The van der Waals surface area contributed by atoms with Crippen LogP contribution in [-0.2, 0) is 23.7 Å². The molecular formula is C26H52N4O11. The van der Waals surface area contributed by atoms with Crippen LogP contribution in [0.15, 0.2) is 0 Å². The Bertz CT molecular complexity index is 758. The summed E-state index contributed by atoms with van der Waals surface area (Å²) in [4.78, 5) is 0. The topological polar surface area (TPSA) is 272 Å². The first kappa shape index (κ1) is 34.9. The summed E-state index contributed by atoms with van der Waals surface area (Å²) in [5.74, 6) is 0. The highest BCUT2D eigenvalue weighted by molar-refractivity contribution is 5.01. The Morgan fingerprint density at radius 2 is 1.22 bits per heavy atom. The van der Waals surface area contributed by atoms with Gasteiger partial charge in [-0.3, -0.25) is 0 Å². The van der Waals surface area contributed by atoms with E-state index in [9.17, 15) is 30.6 Å². The van der Waals surface area contributed by atoms with Crippen molar-refractivity contribution < 1.29 is 54.3 Å². The first-order chi connectivity index (χ1) is 19.5. The minimum Gasteiger partial charge on any atom is -0.388 e. The van der Waals surface area contributed by atoms with Crippen molar-refractivity contribution in [2.75, 3.05) is 19.8 Å². The second-order valence-electron chi connectivity index (χ2n) is 11.4. The fraction of sp³-hybridized carbons (Fsp3) is 1.00. The quantitative estimate of drug-likeness (QED) is 0.0858. The van der Waals surface area contributed by atoms with Gasteiger partial charge < -0.3 is 77.3 Å². The summed E-state index contributed by atoms with van der Waals surface area (Å²) < 4.78 is 28.8. The Morgan fingerprint density at radius 3 is 1.85 bits per heavy atom. The van der Waals surface area contributed by atoms with E-state index in [-0.39, 0.29) is 19.6 Å². The summed E-state index contributed by atoms with van der Waals surface area (Å²) in [7, 11) is 0. The summed E-state index contributed by atoms with van der Waals surface area (Å²) in [5, 5.41) is 63.1. The van der Waals surface area contributed by atoms with Gasteiger partial charge in [0, 0.05) is 25.2 Å². The Kier molecular flexibility index (Phi) is 14.0. The van der Waals surface area contributed by atoms with Gasteiger partial charge in [0.2, 0.25) is 0 Å². The summed E-state index contributed by atoms with van der Waals surface area (Å²) in [5.41, 5.74) is 24.1. The second kappa shape index (κ2) is 16.5. The minimum absolute atomic E-state index is 0.0386. The molecule has 2 heterocycles. The molecule has 15 nitrogen and oxygen atoms in total. The smallest absolute Gasteiger partial charge is 0.187 e. The van der Waals surface area contributed by atoms with E-state index in [0.29, 0.717) is 6.61 Å². The first-order valence-electron chi connectivity index (χ1n) is 14.8. The lowest BCUT2D eigenvalue weighted by atomic mass is 9.84. The van der Waals surface area contributed by atoms with Crippen LogP contribution < -0.4 is 22.9 Å². The molecule has 3 fully saturated rings. The van der Waals surface area contributed by atoms with Gasteiger partial charge in [0.15, 0.2) is 12.6 Å². The van der Waals surface area contributed by atoms with Gasteiger partial charge in [0.25, 0.3) is 0 Å². The highest BCUT2D eigenvalue weighted by Crippen LogP contribution is 2.31. The van der Waals surface area contributed by atoms with Gasteiger partial charge in [-0.2, -0.15) is 0 Å². The maximum absolute atomic E-state index is 11.2. The zero-order chi connectivity index (χ0) is 30.3. The van der Waals surface area contributed by atoms with Crippen LogP contribution >= 0.6 is 0 Å². The molecule has 242 valence electrons. The average Bonchev–Trinajstić information content (AvgIpc) is 2.95. The van der Waals surface area contributed by atoms with Crippen LogP contribution in [0, 0.1) is 0 Å². The molecule has 0 radical (unpaired) electrons. The maximum Gasteiger partial charge on any atom is 0.187 e. The lowest BCUT2D eigenvalue weighted by Gasteiger charge is -2.48. The predicted octanol–water partition coefficient (Wildman–Crippen LogP) is -3.91. The van der Waals surface area contributed by atoms with E-state index in [1.165, 1.54) is 19.3 Å². The number of unbranched alkanes of at least 4 members (excludes halogenated alkanes) is 5. The SMILES string of the molecule is CCCCCCCCOC[C@H]1OC(O[C@@H]2[C@@H](O)[C@H](O[C@H]3O[C@H](CN)[C@@H](O)[C@H](O)[C@H]3N)[C@@H](N)C[C@H]2N)[C@H](O)[C@@H](O)[C@@H]1O. The fourth-order valence-electron chi connectivity index (χ4n) is 5.57. The molecule has 1 aliphatic carbocycles. The molecule has 3 rings (SSSR count). The molecule has 41 heavy (non-hydrogen) atoms. The normalized spacial score (nSPS) is 45.6. The molecule has 0 amide bonds. The lowest BCUT2D eigenvalue weighted by Crippen LogP contribution is -2.68. The van der Waals surface area contributed by atoms with E-state index < -0.39 is 91.7 Å². The molecule has 0 bridgehead atoms. The van der Waals surface area contributed by atoms with Gasteiger partial charge >= 0.3 is 0 Å². The molecular weight excluding hydrogens is 544 g/mol. The van der Waals surface area contributed by atoms with Crippen molar-refractivity contribution in [3.05, 3.63) is 0 Å². The number of rotatable bonds is 14. The highest BCUT2D eigenvalue weighted by atomic mass is 16.7. The molecule has 15 atom stereocenters. The maximum atomic E-state index is 11.2. The van der Waals surface area contributed by atoms with Crippen LogP contribution in [0.5, 0.6) is 0 Å². The van der Waals surface area contributed by atoms with Crippen molar-refractivity contribution in [3.63, 3.8) is 0 Å². The Hall–Kier alpha value is -0.600. The summed E-state index contributed by atoms with van der Waals surface area (Å²) in [6.07, 6.45) is -9.18. The third-order valence-electron chi connectivity index (χ3n) is 8.22. The Labute approximate surface area is 241 Å². The van der Waals surface area contributed by atoms with Crippen LogP contribution in [0.4, 0.5) is 0 Å². The van der Waals surface area contributed by atoms with E-state index in [1.54, 1.807) is 0 Å². The van der Waals surface area contributed by atoms with Crippen LogP contribution in [0.2, 0.25) is 0 Å². The Balaban J connectivity index is 1.59. The van der Waals surface area contributed by atoms with Crippen LogP contribution in [-0.4, -0.2) is 142 Å². The number of ether oxygens (including phenoxy) is 5. The number of aliphatic hydroxyl groups is 6. The third-order valence-corrected chi connectivity index (χ3v) is 8.22. The third kappa shape index (κ3) is 8.74. The largest absolute Gasteiger partial charge is 0.388 e. The van der Waals surface area contributed by atoms with Gasteiger partial charge in [-0.15, -0.1) is 0 Å². The molecule has 2 saturated heterocycles. The van der Waals surface area contributed by atoms with Crippen LogP contribution in [0.3, 0.4) is 0 Å². The van der Waals surface area contributed by atoms with Gasteiger partial charge in [0.1, 0.15) is 61.0 Å². The monoisotopic (exact) mass is 596 g/mol. The summed E-state index contributed by atoms with van der Waals surface area (Å²) >= 11 is 0. The van der Waals surface area contributed by atoms with Crippen LogP contribution in [0.25, 0.3) is 0 Å². The van der Waals surface area contributed by atoms with Gasteiger partial charge in [0.05, 0.1) is 12.6 Å². The molecule has 1 saturated carbocycles. The molecule has 14 N–H and O–H groups in total. The predicted molar refractivity (Wildman–Crippen MR) is 145 cm³/mol. The first-order valence-corrected chi connectivity index (χ1v) is 14.8. The molecule has 0 spiro atoms. The van der Waals surface area contributed by atoms with Crippen molar-refractivity contribution in [2.24, 2.45) is 22.9 Å². The molecule has 15 heteroatoms. The van der Waals surface area contributed by atoms with E-state index in [0.717, 1.165) is 19.3 Å². The van der Waals surface area contributed by atoms with E-state index in [4.69, 9.17) is 46.6 Å². The number of nitrogens with two attached hydrogens (primary N) is 4. The molecule has 1 unspecified atom stereocenters. The van der Waals surface area contributed by atoms with Crippen molar-refractivity contribution in [1.29, 1.82) is 0 Å². The minimum atomic E-state index is -1.65. The van der Waals surface area contributed by atoms with Gasteiger partial charge in [-0.25, -0.2) is 0 Å². The average molecular weight is 597 g/mol. The zero-order valence-corrected chi connectivity index (χ0v) is 23.8. The fourth-order valence-corrected chi connectivity index (χ4v) is 5.57. The Morgan fingerprint density at radius 1 is 0.659 bits per heavy atom. The van der Waals surface area contributed by atoms with E-state index in [1.807, 2.05) is 0 Å². The van der Waals surface area contributed by atoms with Crippen molar-refractivity contribution in [3.8, 4) is 0 Å².